The van der Waals surface area contributed by atoms with Crippen LogP contribution in [0.15, 0.2) is 21.7 Å². The molecule has 0 aliphatic heterocycles. The summed E-state index contributed by atoms with van der Waals surface area (Å²) >= 11 is 12.2. The molecule has 2 aromatic rings. The van der Waals surface area contributed by atoms with Crippen molar-refractivity contribution < 1.29 is 0 Å². The van der Waals surface area contributed by atoms with Crippen molar-refractivity contribution >= 4 is 34.6 Å². The molecule has 124 valence electrons. The van der Waals surface area contributed by atoms with Crippen LogP contribution in [-0.2, 0) is 6.54 Å². The third kappa shape index (κ3) is 3.54. The van der Waals surface area contributed by atoms with Crippen LogP contribution >= 0.6 is 23.2 Å². The van der Waals surface area contributed by atoms with E-state index in [9.17, 15) is 9.59 Å². The lowest BCUT2D eigenvalue weighted by atomic mass is 10.00. The van der Waals surface area contributed by atoms with E-state index in [-0.39, 0.29) is 5.54 Å². The van der Waals surface area contributed by atoms with Gasteiger partial charge in [-0.2, -0.15) is 0 Å². The molecule has 0 aromatic heterocycles. The Morgan fingerprint density at radius 3 is 2.30 bits per heavy atom. The van der Waals surface area contributed by atoms with Crippen molar-refractivity contribution in [2.75, 3.05) is 10.6 Å². The summed E-state index contributed by atoms with van der Waals surface area (Å²) in [5.74, 6) is 0. The number of hydrogen-bond donors (Lipinski definition) is 2. The number of rotatable bonds is 6. The van der Waals surface area contributed by atoms with Gasteiger partial charge in [-0.15, -0.1) is 0 Å². The quantitative estimate of drug-likeness (QED) is 0.766. The van der Waals surface area contributed by atoms with Crippen LogP contribution in [0.4, 0.5) is 11.4 Å². The molecule has 0 aliphatic carbocycles. The molecule has 0 unspecified atom stereocenters. The molecular weight excluding hydrogens is 335 g/mol. The Balaban J connectivity index is 2.23. The highest BCUT2D eigenvalue weighted by molar-refractivity contribution is 6.42. The number of hydrogen-bond acceptors (Lipinski definition) is 4. The summed E-state index contributed by atoms with van der Waals surface area (Å²) in [4.78, 5) is 23.6. The molecule has 6 heteroatoms. The van der Waals surface area contributed by atoms with Crippen LogP contribution < -0.4 is 21.5 Å². The van der Waals surface area contributed by atoms with E-state index in [1.807, 2.05) is 33.8 Å². The zero-order valence-electron chi connectivity index (χ0n) is 13.6. The molecule has 2 aromatic carbocycles. The highest BCUT2D eigenvalue weighted by Crippen LogP contribution is 2.29. The summed E-state index contributed by atoms with van der Waals surface area (Å²) in [5.41, 5.74) is 1.19. The van der Waals surface area contributed by atoms with Gasteiger partial charge in [-0.25, -0.2) is 0 Å². The minimum Gasteiger partial charge on any atom is -0.376 e. The first-order valence-corrected chi connectivity index (χ1v) is 8.22. The second-order valence-corrected chi connectivity index (χ2v) is 7.07. The van der Waals surface area contributed by atoms with E-state index in [2.05, 4.69) is 10.6 Å². The van der Waals surface area contributed by atoms with E-state index in [1.165, 1.54) is 0 Å². The summed E-state index contributed by atoms with van der Waals surface area (Å²) in [6, 6.07) is 3.60. The van der Waals surface area contributed by atoms with E-state index < -0.39 is 10.9 Å². The number of anilines is 2. The van der Waals surface area contributed by atoms with Gasteiger partial charge in [0.15, 0.2) is 0 Å². The van der Waals surface area contributed by atoms with E-state index >= 15 is 0 Å². The van der Waals surface area contributed by atoms with E-state index in [1.54, 1.807) is 6.07 Å². The molecule has 0 fully saturated rings. The molecule has 0 spiro atoms. The van der Waals surface area contributed by atoms with Crippen LogP contribution in [0.3, 0.4) is 0 Å². The molecule has 4 nitrogen and oxygen atoms in total. The molecular formula is C17H20Cl2N2O2. The Morgan fingerprint density at radius 1 is 1.09 bits per heavy atom. The van der Waals surface area contributed by atoms with Crippen LogP contribution in [0.25, 0.3) is 0 Å². The highest BCUT2D eigenvalue weighted by atomic mass is 35.5. The molecule has 0 atom stereocenters. The third-order valence-corrected chi connectivity index (χ3v) is 4.97. The van der Waals surface area contributed by atoms with Crippen LogP contribution in [0, 0.1) is 6.92 Å². The molecule has 0 amide bonds. The summed E-state index contributed by atoms with van der Waals surface area (Å²) in [5, 5.41) is 7.08. The maximum atomic E-state index is 11.8. The molecule has 2 N–H and O–H groups in total. The van der Waals surface area contributed by atoms with E-state index in [0.717, 1.165) is 17.5 Å². The van der Waals surface area contributed by atoms with Gasteiger partial charge in [0, 0.05) is 12.1 Å². The minimum atomic E-state index is -0.504. The number of benzene rings is 1. The largest absolute Gasteiger partial charge is 0.376 e. The third-order valence-electron chi connectivity index (χ3n) is 4.13. The van der Waals surface area contributed by atoms with Gasteiger partial charge >= 0.3 is 0 Å². The second kappa shape index (κ2) is 6.54. The van der Waals surface area contributed by atoms with Crippen molar-refractivity contribution in [1.82, 2.24) is 0 Å². The molecule has 0 radical (unpaired) electrons. The van der Waals surface area contributed by atoms with Crippen molar-refractivity contribution in [1.29, 1.82) is 0 Å². The average molecular weight is 355 g/mol. The molecule has 23 heavy (non-hydrogen) atoms. The van der Waals surface area contributed by atoms with Gasteiger partial charge in [0.05, 0.1) is 10.0 Å². The van der Waals surface area contributed by atoms with Gasteiger partial charge in [0.25, 0.3) is 10.9 Å². The van der Waals surface area contributed by atoms with Crippen molar-refractivity contribution in [2.24, 2.45) is 0 Å². The van der Waals surface area contributed by atoms with Crippen LogP contribution in [0.2, 0.25) is 10.0 Å². The van der Waals surface area contributed by atoms with Crippen molar-refractivity contribution in [3.8, 4) is 0 Å². The summed E-state index contributed by atoms with van der Waals surface area (Å²) in [6.45, 7) is 8.22. The first kappa shape index (κ1) is 17.8. The van der Waals surface area contributed by atoms with Crippen LogP contribution in [-0.4, -0.2) is 5.54 Å². The zero-order valence-corrected chi connectivity index (χ0v) is 15.2. The maximum absolute atomic E-state index is 11.8. The topological polar surface area (TPSA) is 58.2 Å². The molecule has 0 aliphatic rings. The molecule has 2 rings (SSSR count). The molecule has 0 heterocycles. The average Bonchev–Trinajstić information content (AvgIpc) is 2.52. The lowest BCUT2D eigenvalue weighted by molar-refractivity contribution is 0.546. The Bertz CT molecular complexity index is 806. The van der Waals surface area contributed by atoms with Gasteiger partial charge < -0.3 is 10.6 Å². The Hall–Kier alpha value is -1.52. The number of nitrogens with one attached hydrogen (secondary N) is 2. The first-order chi connectivity index (χ1) is 10.7. The Labute approximate surface area is 145 Å². The summed E-state index contributed by atoms with van der Waals surface area (Å²) in [6.07, 6.45) is 0.824. The van der Waals surface area contributed by atoms with Crippen LogP contribution in [0.5, 0.6) is 0 Å². The Kier molecular flexibility index (Phi) is 5.07. The van der Waals surface area contributed by atoms with Gasteiger partial charge in [0.2, 0.25) is 0 Å². The van der Waals surface area contributed by atoms with Crippen LogP contribution in [0.1, 0.15) is 38.3 Å². The minimum absolute atomic E-state index is 0.262. The fourth-order valence-electron chi connectivity index (χ4n) is 2.19. The Morgan fingerprint density at radius 2 is 1.70 bits per heavy atom. The fourth-order valence-corrected chi connectivity index (χ4v) is 2.65. The lowest BCUT2D eigenvalue weighted by Gasteiger charge is -2.28. The summed E-state index contributed by atoms with van der Waals surface area (Å²) < 4.78 is 0. The smallest absolute Gasteiger partial charge is 0.253 e. The van der Waals surface area contributed by atoms with Crippen molar-refractivity contribution in [2.45, 2.75) is 46.2 Å². The van der Waals surface area contributed by atoms with Crippen molar-refractivity contribution in [3.05, 3.63) is 53.8 Å². The lowest BCUT2D eigenvalue weighted by Crippen LogP contribution is -2.42. The monoisotopic (exact) mass is 354 g/mol. The SMILES string of the molecule is CCC(C)(C)Nc1c(NCc2c(C)ccc(Cl)c2Cl)c(=O)c1=O. The van der Waals surface area contributed by atoms with E-state index in [0.29, 0.717) is 28.0 Å². The normalized spacial score (nSPS) is 11.7. The van der Waals surface area contributed by atoms with Gasteiger partial charge in [0.1, 0.15) is 11.4 Å². The van der Waals surface area contributed by atoms with Gasteiger partial charge in [-0.3, -0.25) is 9.59 Å². The number of halogens is 2. The second-order valence-electron chi connectivity index (χ2n) is 6.28. The zero-order chi connectivity index (χ0) is 17.4. The first-order valence-electron chi connectivity index (χ1n) is 7.46. The van der Waals surface area contributed by atoms with Gasteiger partial charge in [-0.05, 0) is 44.4 Å². The number of aryl methyl sites for hydroxylation is 1. The molecule has 0 bridgehead atoms. The van der Waals surface area contributed by atoms with Crippen molar-refractivity contribution in [3.63, 3.8) is 0 Å². The molecule has 0 saturated heterocycles. The standard InChI is InChI=1S/C17H20Cl2N2O2/c1-5-17(3,4)21-14-13(15(22)16(14)23)20-8-10-9(2)6-7-11(18)12(10)19/h6-7,20-21H,5,8H2,1-4H3. The van der Waals surface area contributed by atoms with E-state index in [4.69, 9.17) is 23.2 Å². The molecule has 0 saturated carbocycles. The predicted molar refractivity (Wildman–Crippen MR) is 97.9 cm³/mol. The highest BCUT2D eigenvalue weighted by Gasteiger charge is 2.26. The fraction of sp³-hybridized carbons (Fsp3) is 0.412. The summed E-state index contributed by atoms with van der Waals surface area (Å²) in [7, 11) is 0. The van der Waals surface area contributed by atoms with Gasteiger partial charge in [-0.1, -0.05) is 36.2 Å². The maximum Gasteiger partial charge on any atom is 0.253 e. The predicted octanol–water partition coefficient (Wildman–Crippen LogP) is 4.11.